The highest BCUT2D eigenvalue weighted by atomic mass is 16.3. The molecule has 0 spiro atoms. The number of hydrogen-bond acceptors (Lipinski definition) is 2. The minimum Gasteiger partial charge on any atom is -0.391 e. The van der Waals surface area contributed by atoms with Crippen molar-refractivity contribution in [1.29, 1.82) is 0 Å². The molecule has 1 aliphatic heterocycles. The standard InChI is InChI=1S/C19H37NO/c1-3-17-15-14-16(2)20(17)18-12-10-8-6-4-5-7-9-11-13-19(18)21/h16-19,21H,3-15H2,1-2H3. The average molecular weight is 296 g/mol. The second kappa shape index (κ2) is 9.15. The van der Waals surface area contributed by atoms with Crippen molar-refractivity contribution in [1.82, 2.24) is 4.90 Å². The highest BCUT2D eigenvalue weighted by molar-refractivity contribution is 4.92. The number of aliphatic hydroxyl groups is 1. The van der Waals surface area contributed by atoms with E-state index in [0.717, 1.165) is 6.42 Å². The van der Waals surface area contributed by atoms with E-state index >= 15 is 0 Å². The maximum Gasteiger partial charge on any atom is 0.0695 e. The molecule has 0 aromatic carbocycles. The van der Waals surface area contributed by atoms with Gasteiger partial charge < -0.3 is 5.11 Å². The second-order valence-electron chi connectivity index (χ2n) is 7.48. The molecule has 4 atom stereocenters. The van der Waals surface area contributed by atoms with E-state index in [1.54, 1.807) is 0 Å². The maximum absolute atomic E-state index is 10.8. The van der Waals surface area contributed by atoms with Gasteiger partial charge in [-0.05, 0) is 39.0 Å². The van der Waals surface area contributed by atoms with E-state index in [1.807, 2.05) is 0 Å². The monoisotopic (exact) mass is 295 g/mol. The molecule has 2 heteroatoms. The van der Waals surface area contributed by atoms with Gasteiger partial charge >= 0.3 is 0 Å². The summed E-state index contributed by atoms with van der Waals surface area (Å²) in [6, 6.07) is 1.81. The van der Waals surface area contributed by atoms with Gasteiger partial charge in [-0.1, -0.05) is 58.3 Å². The largest absolute Gasteiger partial charge is 0.391 e. The summed E-state index contributed by atoms with van der Waals surface area (Å²) < 4.78 is 0. The highest BCUT2D eigenvalue weighted by Gasteiger charge is 2.37. The molecule has 0 aromatic heterocycles. The molecule has 1 saturated heterocycles. The molecule has 1 N–H and O–H groups in total. The Kier molecular flexibility index (Phi) is 7.53. The predicted molar refractivity (Wildman–Crippen MR) is 90.6 cm³/mol. The van der Waals surface area contributed by atoms with Gasteiger partial charge in [0.1, 0.15) is 0 Å². The van der Waals surface area contributed by atoms with Gasteiger partial charge in [0.25, 0.3) is 0 Å². The fraction of sp³-hybridized carbons (Fsp3) is 1.00. The topological polar surface area (TPSA) is 23.5 Å². The Balaban J connectivity index is 2.00. The summed E-state index contributed by atoms with van der Waals surface area (Å²) in [4.78, 5) is 2.70. The Morgan fingerprint density at radius 3 is 2.00 bits per heavy atom. The van der Waals surface area contributed by atoms with Crippen LogP contribution in [-0.4, -0.2) is 34.2 Å². The Morgan fingerprint density at radius 1 is 0.810 bits per heavy atom. The third-order valence-corrected chi connectivity index (χ3v) is 5.90. The van der Waals surface area contributed by atoms with E-state index < -0.39 is 0 Å². The predicted octanol–water partition coefficient (Wildman–Crippen LogP) is 4.89. The first kappa shape index (κ1) is 17.3. The number of nitrogens with zero attached hydrogens (tertiary/aromatic N) is 1. The molecule has 2 rings (SSSR count). The van der Waals surface area contributed by atoms with Gasteiger partial charge in [-0.15, -0.1) is 0 Å². The second-order valence-corrected chi connectivity index (χ2v) is 7.48. The summed E-state index contributed by atoms with van der Waals surface area (Å²) in [5.41, 5.74) is 0. The van der Waals surface area contributed by atoms with E-state index in [-0.39, 0.29) is 6.10 Å². The molecule has 2 nitrogen and oxygen atoms in total. The van der Waals surface area contributed by atoms with Gasteiger partial charge in [0.05, 0.1) is 6.10 Å². The van der Waals surface area contributed by atoms with Crippen LogP contribution in [0.1, 0.15) is 97.3 Å². The lowest BCUT2D eigenvalue weighted by atomic mass is 9.93. The lowest BCUT2D eigenvalue weighted by Gasteiger charge is -2.39. The molecule has 1 aliphatic carbocycles. The van der Waals surface area contributed by atoms with Crippen molar-refractivity contribution in [3.05, 3.63) is 0 Å². The number of hydrogen-bond donors (Lipinski definition) is 1. The summed E-state index contributed by atoms with van der Waals surface area (Å²) in [7, 11) is 0. The molecule has 0 aromatic rings. The van der Waals surface area contributed by atoms with E-state index in [1.165, 1.54) is 77.0 Å². The van der Waals surface area contributed by atoms with Crippen LogP contribution < -0.4 is 0 Å². The SMILES string of the molecule is CCC1CCC(C)N1C1CCCCCCCCCCC1O. The molecule has 2 aliphatic rings. The smallest absolute Gasteiger partial charge is 0.0695 e. The molecule has 1 saturated carbocycles. The molecular weight excluding hydrogens is 258 g/mol. The molecule has 4 unspecified atom stereocenters. The zero-order valence-corrected chi connectivity index (χ0v) is 14.4. The van der Waals surface area contributed by atoms with E-state index in [0.29, 0.717) is 18.1 Å². The molecule has 124 valence electrons. The van der Waals surface area contributed by atoms with Crippen molar-refractivity contribution in [2.45, 2.75) is 122 Å². The third kappa shape index (κ3) is 4.96. The van der Waals surface area contributed by atoms with Gasteiger partial charge in [0, 0.05) is 18.1 Å². The normalized spacial score (nSPS) is 37.9. The number of likely N-dealkylation sites (tertiary alicyclic amines) is 1. The first-order valence-corrected chi connectivity index (χ1v) is 9.69. The Labute approximate surface area is 132 Å². The summed E-state index contributed by atoms with van der Waals surface area (Å²) in [6.45, 7) is 4.69. The molecule has 1 heterocycles. The summed E-state index contributed by atoms with van der Waals surface area (Å²) in [5.74, 6) is 0. The minimum atomic E-state index is -0.0981. The van der Waals surface area contributed by atoms with Gasteiger partial charge in [-0.2, -0.15) is 0 Å². The van der Waals surface area contributed by atoms with Crippen molar-refractivity contribution in [2.75, 3.05) is 0 Å². The van der Waals surface area contributed by atoms with Crippen LogP contribution in [0.2, 0.25) is 0 Å². The number of aliphatic hydroxyl groups excluding tert-OH is 1. The van der Waals surface area contributed by atoms with Gasteiger partial charge in [0.15, 0.2) is 0 Å². The minimum absolute atomic E-state index is 0.0981. The van der Waals surface area contributed by atoms with E-state index in [2.05, 4.69) is 18.7 Å². The Hall–Kier alpha value is -0.0800. The van der Waals surface area contributed by atoms with Crippen LogP contribution >= 0.6 is 0 Å². The van der Waals surface area contributed by atoms with Crippen molar-refractivity contribution in [2.24, 2.45) is 0 Å². The fourth-order valence-electron chi connectivity index (χ4n) is 4.60. The molecule has 2 fully saturated rings. The maximum atomic E-state index is 10.8. The van der Waals surface area contributed by atoms with Crippen LogP contribution in [0, 0.1) is 0 Å². The molecule has 0 radical (unpaired) electrons. The van der Waals surface area contributed by atoms with Crippen LogP contribution in [0.15, 0.2) is 0 Å². The van der Waals surface area contributed by atoms with Crippen LogP contribution in [0.3, 0.4) is 0 Å². The molecular formula is C19H37NO. The molecule has 21 heavy (non-hydrogen) atoms. The quantitative estimate of drug-likeness (QED) is 0.783. The van der Waals surface area contributed by atoms with Crippen LogP contribution in [0.25, 0.3) is 0 Å². The third-order valence-electron chi connectivity index (χ3n) is 5.90. The summed E-state index contributed by atoms with van der Waals surface area (Å²) in [6.07, 6.45) is 16.8. The Bertz CT molecular complexity index is 281. The van der Waals surface area contributed by atoms with E-state index in [9.17, 15) is 5.11 Å². The zero-order valence-electron chi connectivity index (χ0n) is 14.4. The zero-order chi connectivity index (χ0) is 15.1. The summed E-state index contributed by atoms with van der Waals surface area (Å²) >= 11 is 0. The molecule has 0 amide bonds. The van der Waals surface area contributed by atoms with Crippen LogP contribution in [0.5, 0.6) is 0 Å². The Morgan fingerprint density at radius 2 is 1.38 bits per heavy atom. The first-order chi connectivity index (χ1) is 10.2. The highest BCUT2D eigenvalue weighted by Crippen LogP contribution is 2.32. The lowest BCUT2D eigenvalue weighted by molar-refractivity contribution is 0.0105. The van der Waals surface area contributed by atoms with Crippen LogP contribution in [0.4, 0.5) is 0 Å². The van der Waals surface area contributed by atoms with Crippen molar-refractivity contribution in [3.8, 4) is 0 Å². The average Bonchev–Trinajstić information content (AvgIpc) is 2.84. The van der Waals surface area contributed by atoms with Gasteiger partial charge in [0.2, 0.25) is 0 Å². The van der Waals surface area contributed by atoms with Gasteiger partial charge in [-0.3, -0.25) is 4.90 Å². The lowest BCUT2D eigenvalue weighted by Crippen LogP contribution is -2.49. The van der Waals surface area contributed by atoms with Crippen LogP contribution in [-0.2, 0) is 0 Å². The van der Waals surface area contributed by atoms with E-state index in [4.69, 9.17) is 0 Å². The van der Waals surface area contributed by atoms with Crippen molar-refractivity contribution < 1.29 is 5.11 Å². The summed E-state index contributed by atoms with van der Waals surface area (Å²) in [5, 5.41) is 10.8. The molecule has 0 bridgehead atoms. The van der Waals surface area contributed by atoms with Crippen molar-refractivity contribution >= 4 is 0 Å². The number of rotatable bonds is 2. The fourth-order valence-corrected chi connectivity index (χ4v) is 4.60. The first-order valence-electron chi connectivity index (χ1n) is 9.69. The van der Waals surface area contributed by atoms with Crippen molar-refractivity contribution in [3.63, 3.8) is 0 Å². The van der Waals surface area contributed by atoms with Gasteiger partial charge in [-0.25, -0.2) is 0 Å².